The first-order valence-electron chi connectivity index (χ1n) is 7.88. The molecule has 2 atom stereocenters. The first-order valence-corrected chi connectivity index (χ1v) is 7.88. The molecule has 1 aromatic carbocycles. The highest BCUT2D eigenvalue weighted by Crippen LogP contribution is 2.34. The Labute approximate surface area is 128 Å². The number of para-hydroxylation sites is 1. The van der Waals surface area contributed by atoms with Gasteiger partial charge in [0.2, 0.25) is 0 Å². The molecule has 0 aromatic heterocycles. The Morgan fingerprint density at radius 3 is 2.81 bits per heavy atom. The number of hydrogen-bond donors (Lipinski definition) is 1. The molecule has 1 N–H and O–H groups in total. The summed E-state index contributed by atoms with van der Waals surface area (Å²) in [6.45, 7) is 9.96. The second-order valence-corrected chi connectivity index (χ2v) is 5.78. The van der Waals surface area contributed by atoms with Gasteiger partial charge in [-0.05, 0) is 26.5 Å². The molecule has 1 aromatic rings. The van der Waals surface area contributed by atoms with Gasteiger partial charge in [-0.1, -0.05) is 25.1 Å². The van der Waals surface area contributed by atoms with Gasteiger partial charge in [-0.3, -0.25) is 4.90 Å². The molecular formula is C17H28N2O2. The average Bonchev–Trinajstić information content (AvgIpc) is 2.49. The van der Waals surface area contributed by atoms with E-state index in [1.165, 1.54) is 5.56 Å². The van der Waals surface area contributed by atoms with E-state index in [1.807, 2.05) is 6.07 Å². The summed E-state index contributed by atoms with van der Waals surface area (Å²) in [5, 5.41) is 3.64. The molecule has 4 heteroatoms. The summed E-state index contributed by atoms with van der Waals surface area (Å²) in [4.78, 5) is 2.48. The monoisotopic (exact) mass is 292 g/mol. The first kappa shape index (κ1) is 16.3. The van der Waals surface area contributed by atoms with Crippen LogP contribution in [-0.2, 0) is 4.74 Å². The van der Waals surface area contributed by atoms with Gasteiger partial charge < -0.3 is 14.8 Å². The Morgan fingerprint density at radius 2 is 2.14 bits per heavy atom. The van der Waals surface area contributed by atoms with E-state index in [0.29, 0.717) is 18.1 Å². The van der Waals surface area contributed by atoms with Crippen molar-refractivity contribution in [3.05, 3.63) is 29.8 Å². The second kappa shape index (κ2) is 7.78. The molecule has 0 saturated carbocycles. The maximum atomic E-state index is 6.00. The summed E-state index contributed by atoms with van der Waals surface area (Å²) in [6.07, 6.45) is 0. The van der Waals surface area contributed by atoms with Gasteiger partial charge in [-0.25, -0.2) is 0 Å². The Morgan fingerprint density at radius 1 is 1.38 bits per heavy atom. The van der Waals surface area contributed by atoms with Crippen LogP contribution in [0.4, 0.5) is 0 Å². The van der Waals surface area contributed by atoms with Crippen molar-refractivity contribution in [2.24, 2.45) is 0 Å². The van der Waals surface area contributed by atoms with Crippen LogP contribution in [0.3, 0.4) is 0 Å². The minimum atomic E-state index is 0.305. The highest BCUT2D eigenvalue weighted by Gasteiger charge is 2.35. The second-order valence-electron chi connectivity index (χ2n) is 5.78. The van der Waals surface area contributed by atoms with Crippen molar-refractivity contribution in [2.75, 3.05) is 33.4 Å². The summed E-state index contributed by atoms with van der Waals surface area (Å²) >= 11 is 0. The zero-order valence-corrected chi connectivity index (χ0v) is 13.6. The minimum Gasteiger partial charge on any atom is -0.492 e. The molecule has 0 amide bonds. The van der Waals surface area contributed by atoms with Crippen LogP contribution in [0.1, 0.15) is 32.4 Å². The SMILES string of the molecule is CCNC1c2ccccc2OCC1N(CCOC)C(C)C. The van der Waals surface area contributed by atoms with Crippen LogP contribution in [0.15, 0.2) is 24.3 Å². The fourth-order valence-electron chi connectivity index (χ4n) is 3.10. The predicted octanol–water partition coefficient (Wildman–Crippen LogP) is 2.46. The van der Waals surface area contributed by atoms with Crippen LogP contribution < -0.4 is 10.1 Å². The highest BCUT2D eigenvalue weighted by atomic mass is 16.5. The average molecular weight is 292 g/mol. The number of ether oxygens (including phenoxy) is 2. The Balaban J connectivity index is 2.25. The maximum absolute atomic E-state index is 6.00. The number of methoxy groups -OCH3 is 1. The molecule has 2 unspecified atom stereocenters. The lowest BCUT2D eigenvalue weighted by atomic mass is 9.94. The lowest BCUT2D eigenvalue weighted by molar-refractivity contribution is 0.0408. The van der Waals surface area contributed by atoms with E-state index in [2.05, 4.69) is 49.2 Å². The van der Waals surface area contributed by atoms with E-state index < -0.39 is 0 Å². The number of hydrogen-bond acceptors (Lipinski definition) is 4. The fourth-order valence-corrected chi connectivity index (χ4v) is 3.10. The van der Waals surface area contributed by atoms with Gasteiger partial charge in [0.1, 0.15) is 12.4 Å². The van der Waals surface area contributed by atoms with Crippen molar-refractivity contribution in [2.45, 2.75) is 38.9 Å². The molecule has 2 rings (SSSR count). The van der Waals surface area contributed by atoms with Gasteiger partial charge in [0.05, 0.1) is 18.7 Å². The standard InChI is InChI=1S/C17H28N2O2/c1-5-18-17-14-8-6-7-9-16(14)21-12-15(17)19(13(2)3)10-11-20-4/h6-9,13,15,17-18H,5,10-12H2,1-4H3. The van der Waals surface area contributed by atoms with Crippen LogP contribution in [0.2, 0.25) is 0 Å². The van der Waals surface area contributed by atoms with Crippen LogP contribution in [0, 0.1) is 0 Å². The van der Waals surface area contributed by atoms with Gasteiger partial charge in [0.15, 0.2) is 0 Å². The van der Waals surface area contributed by atoms with E-state index in [0.717, 1.165) is 32.1 Å². The maximum Gasteiger partial charge on any atom is 0.124 e. The minimum absolute atomic E-state index is 0.305. The van der Waals surface area contributed by atoms with Crippen molar-refractivity contribution < 1.29 is 9.47 Å². The number of fused-ring (bicyclic) bond motifs is 1. The normalized spacial score (nSPS) is 21.4. The smallest absolute Gasteiger partial charge is 0.124 e. The van der Waals surface area contributed by atoms with Crippen molar-refractivity contribution in [3.63, 3.8) is 0 Å². The third kappa shape index (κ3) is 3.76. The summed E-state index contributed by atoms with van der Waals surface area (Å²) in [5.74, 6) is 1.01. The quantitative estimate of drug-likeness (QED) is 0.837. The lowest BCUT2D eigenvalue weighted by Crippen LogP contribution is -2.53. The van der Waals surface area contributed by atoms with Crippen molar-refractivity contribution in [1.29, 1.82) is 0 Å². The zero-order chi connectivity index (χ0) is 15.2. The number of nitrogens with one attached hydrogen (secondary N) is 1. The molecule has 1 aliphatic heterocycles. The number of nitrogens with zero attached hydrogens (tertiary/aromatic N) is 1. The van der Waals surface area contributed by atoms with Crippen LogP contribution >= 0.6 is 0 Å². The van der Waals surface area contributed by atoms with E-state index in [4.69, 9.17) is 9.47 Å². The van der Waals surface area contributed by atoms with Gasteiger partial charge >= 0.3 is 0 Å². The molecule has 0 aliphatic carbocycles. The topological polar surface area (TPSA) is 33.7 Å². The van der Waals surface area contributed by atoms with Crippen LogP contribution in [-0.4, -0.2) is 50.4 Å². The largest absolute Gasteiger partial charge is 0.492 e. The van der Waals surface area contributed by atoms with E-state index in [1.54, 1.807) is 7.11 Å². The molecule has 0 fully saturated rings. The van der Waals surface area contributed by atoms with Gasteiger partial charge in [0, 0.05) is 25.3 Å². The van der Waals surface area contributed by atoms with Gasteiger partial charge in [0.25, 0.3) is 0 Å². The Hall–Kier alpha value is -1.10. The number of likely N-dealkylation sites (N-methyl/N-ethyl adjacent to an activating group) is 1. The van der Waals surface area contributed by atoms with Gasteiger partial charge in [-0.15, -0.1) is 0 Å². The molecule has 21 heavy (non-hydrogen) atoms. The van der Waals surface area contributed by atoms with E-state index in [9.17, 15) is 0 Å². The molecule has 0 saturated heterocycles. The third-order valence-corrected chi connectivity index (χ3v) is 4.12. The van der Waals surface area contributed by atoms with Gasteiger partial charge in [-0.2, -0.15) is 0 Å². The Bertz CT molecular complexity index is 437. The van der Waals surface area contributed by atoms with E-state index in [-0.39, 0.29) is 0 Å². The molecule has 4 nitrogen and oxygen atoms in total. The van der Waals surface area contributed by atoms with Crippen LogP contribution in [0.25, 0.3) is 0 Å². The molecular weight excluding hydrogens is 264 g/mol. The summed E-state index contributed by atoms with van der Waals surface area (Å²) in [7, 11) is 1.76. The number of rotatable bonds is 7. The Kier molecular flexibility index (Phi) is 6.03. The predicted molar refractivity (Wildman–Crippen MR) is 85.9 cm³/mol. The molecule has 0 spiro atoms. The fraction of sp³-hybridized carbons (Fsp3) is 0.647. The first-order chi connectivity index (χ1) is 10.2. The molecule has 118 valence electrons. The van der Waals surface area contributed by atoms with Crippen molar-refractivity contribution in [1.82, 2.24) is 10.2 Å². The molecule has 0 radical (unpaired) electrons. The molecule has 1 aliphatic rings. The third-order valence-electron chi connectivity index (χ3n) is 4.12. The lowest BCUT2D eigenvalue weighted by Gasteiger charge is -2.42. The highest BCUT2D eigenvalue weighted by molar-refractivity contribution is 5.38. The van der Waals surface area contributed by atoms with E-state index >= 15 is 0 Å². The van der Waals surface area contributed by atoms with Crippen molar-refractivity contribution >= 4 is 0 Å². The summed E-state index contributed by atoms with van der Waals surface area (Å²) < 4.78 is 11.3. The molecule has 0 bridgehead atoms. The zero-order valence-electron chi connectivity index (χ0n) is 13.6. The number of benzene rings is 1. The summed E-state index contributed by atoms with van der Waals surface area (Å²) in [6, 6.07) is 9.44. The van der Waals surface area contributed by atoms with Crippen LogP contribution in [0.5, 0.6) is 5.75 Å². The molecule has 1 heterocycles. The summed E-state index contributed by atoms with van der Waals surface area (Å²) in [5.41, 5.74) is 1.26. The van der Waals surface area contributed by atoms with Crippen molar-refractivity contribution in [3.8, 4) is 5.75 Å².